The second-order valence-corrected chi connectivity index (χ2v) is 4.72. The molecular weight excluding hydrogens is 166 g/mol. The van der Waals surface area contributed by atoms with Crippen LogP contribution in [0.2, 0.25) is 0 Å². The summed E-state index contributed by atoms with van der Waals surface area (Å²) in [5.74, 6) is 0. The average molecular weight is 189 g/mol. The first-order chi connectivity index (χ1) is 5.89. The molecule has 0 saturated carbocycles. The van der Waals surface area contributed by atoms with Crippen LogP contribution in [0.3, 0.4) is 0 Å². The lowest BCUT2D eigenvalue weighted by Gasteiger charge is -2.32. The van der Waals surface area contributed by atoms with Crippen LogP contribution in [-0.4, -0.2) is 35.5 Å². The van der Waals surface area contributed by atoms with E-state index in [2.05, 4.69) is 26.1 Å². The van der Waals surface area contributed by atoms with E-state index in [1.165, 1.54) is 0 Å². The molecule has 0 aromatic rings. The molecule has 0 aliphatic rings. The molecule has 0 radical (unpaired) electrons. The predicted octanol–water partition coefficient (Wildman–Crippen LogP) is 0.756. The molecule has 3 heteroatoms. The van der Waals surface area contributed by atoms with Crippen molar-refractivity contribution in [1.29, 1.82) is 0 Å². The third kappa shape index (κ3) is 4.60. The zero-order valence-corrected chi connectivity index (χ0v) is 9.22. The number of rotatable bonds is 6. The van der Waals surface area contributed by atoms with Crippen LogP contribution in [0.1, 0.15) is 34.1 Å². The molecule has 3 nitrogen and oxygen atoms in total. The first kappa shape index (κ1) is 12.9. The maximum atomic E-state index is 9.05. The second-order valence-electron chi connectivity index (χ2n) is 4.72. The summed E-state index contributed by atoms with van der Waals surface area (Å²) in [5.41, 5.74) is -0.335. The molecule has 0 spiro atoms. The van der Waals surface area contributed by atoms with Crippen molar-refractivity contribution in [1.82, 2.24) is 5.32 Å². The molecule has 0 amide bonds. The van der Waals surface area contributed by atoms with Crippen molar-refractivity contribution < 1.29 is 10.2 Å². The first-order valence-corrected chi connectivity index (χ1v) is 4.86. The monoisotopic (exact) mass is 189 g/mol. The van der Waals surface area contributed by atoms with Gasteiger partial charge in [0.1, 0.15) is 0 Å². The fourth-order valence-corrected chi connectivity index (χ4v) is 0.739. The van der Waals surface area contributed by atoms with Crippen molar-refractivity contribution in [2.75, 3.05) is 19.8 Å². The van der Waals surface area contributed by atoms with Gasteiger partial charge in [-0.15, -0.1) is 0 Å². The summed E-state index contributed by atoms with van der Waals surface area (Å²) in [4.78, 5) is 0. The SMILES string of the molecule is CCC(C)(C)NCC(C)(CO)CO. The first-order valence-electron chi connectivity index (χ1n) is 4.86. The van der Waals surface area contributed by atoms with Crippen LogP contribution in [0.25, 0.3) is 0 Å². The van der Waals surface area contributed by atoms with Crippen molar-refractivity contribution in [3.05, 3.63) is 0 Å². The molecule has 80 valence electrons. The summed E-state index contributed by atoms with van der Waals surface area (Å²) < 4.78 is 0. The Balaban J connectivity index is 3.99. The van der Waals surface area contributed by atoms with Gasteiger partial charge in [-0.2, -0.15) is 0 Å². The average Bonchev–Trinajstić information content (AvgIpc) is 2.14. The molecule has 13 heavy (non-hydrogen) atoms. The number of aliphatic hydroxyl groups excluding tert-OH is 2. The number of aliphatic hydroxyl groups is 2. The Labute approximate surface area is 81.2 Å². The van der Waals surface area contributed by atoms with Gasteiger partial charge in [-0.3, -0.25) is 0 Å². The van der Waals surface area contributed by atoms with Gasteiger partial charge in [0, 0.05) is 17.5 Å². The molecule has 0 aliphatic carbocycles. The molecule has 0 aromatic carbocycles. The molecule has 0 bridgehead atoms. The highest BCUT2D eigenvalue weighted by Crippen LogP contribution is 2.15. The lowest BCUT2D eigenvalue weighted by atomic mass is 9.91. The minimum Gasteiger partial charge on any atom is -0.396 e. The van der Waals surface area contributed by atoms with Gasteiger partial charge in [0.15, 0.2) is 0 Å². The van der Waals surface area contributed by atoms with Crippen molar-refractivity contribution in [3.8, 4) is 0 Å². The number of hydrogen-bond acceptors (Lipinski definition) is 3. The summed E-state index contributed by atoms with van der Waals surface area (Å²) in [6.45, 7) is 8.87. The van der Waals surface area contributed by atoms with E-state index in [1.807, 2.05) is 6.92 Å². The molecule has 0 aliphatic heterocycles. The van der Waals surface area contributed by atoms with Crippen molar-refractivity contribution >= 4 is 0 Å². The van der Waals surface area contributed by atoms with E-state index in [-0.39, 0.29) is 18.8 Å². The molecule has 0 heterocycles. The van der Waals surface area contributed by atoms with E-state index >= 15 is 0 Å². The lowest BCUT2D eigenvalue weighted by molar-refractivity contribution is 0.0632. The predicted molar refractivity (Wildman–Crippen MR) is 54.7 cm³/mol. The van der Waals surface area contributed by atoms with E-state index < -0.39 is 5.41 Å². The minimum atomic E-state index is -0.410. The number of nitrogens with one attached hydrogen (secondary N) is 1. The quantitative estimate of drug-likeness (QED) is 0.578. The Morgan fingerprint density at radius 1 is 1.08 bits per heavy atom. The van der Waals surface area contributed by atoms with Gasteiger partial charge in [0.2, 0.25) is 0 Å². The summed E-state index contributed by atoms with van der Waals surface area (Å²) in [6, 6.07) is 0. The van der Waals surface area contributed by atoms with Gasteiger partial charge < -0.3 is 15.5 Å². The Hall–Kier alpha value is -0.120. The Kier molecular flexibility index (Phi) is 4.89. The van der Waals surface area contributed by atoms with Gasteiger partial charge in [-0.25, -0.2) is 0 Å². The molecule has 0 aromatic heterocycles. The third-order valence-corrected chi connectivity index (χ3v) is 2.64. The highest BCUT2D eigenvalue weighted by molar-refractivity contribution is 4.82. The highest BCUT2D eigenvalue weighted by Gasteiger charge is 2.25. The van der Waals surface area contributed by atoms with E-state index in [4.69, 9.17) is 10.2 Å². The summed E-state index contributed by atoms with van der Waals surface area (Å²) in [5, 5.41) is 21.4. The van der Waals surface area contributed by atoms with Crippen molar-refractivity contribution in [2.45, 2.75) is 39.7 Å². The van der Waals surface area contributed by atoms with Crippen molar-refractivity contribution in [2.24, 2.45) is 5.41 Å². The Morgan fingerprint density at radius 3 is 1.85 bits per heavy atom. The van der Waals surface area contributed by atoms with Crippen molar-refractivity contribution in [3.63, 3.8) is 0 Å². The summed E-state index contributed by atoms with van der Waals surface area (Å²) >= 11 is 0. The molecule has 3 N–H and O–H groups in total. The molecule has 0 saturated heterocycles. The van der Waals surface area contributed by atoms with Crippen LogP contribution in [0, 0.1) is 5.41 Å². The van der Waals surface area contributed by atoms with Crippen LogP contribution in [0.4, 0.5) is 0 Å². The van der Waals surface area contributed by atoms with E-state index in [1.54, 1.807) is 0 Å². The minimum absolute atomic E-state index is 0.0102. The maximum Gasteiger partial charge on any atom is 0.0519 e. The molecule has 0 atom stereocenters. The van der Waals surface area contributed by atoms with Crippen LogP contribution in [-0.2, 0) is 0 Å². The molecule has 0 rings (SSSR count). The molecular formula is C10H23NO2. The Bertz CT molecular complexity index is 142. The highest BCUT2D eigenvalue weighted by atomic mass is 16.3. The fourth-order valence-electron chi connectivity index (χ4n) is 0.739. The van der Waals surface area contributed by atoms with E-state index in [0.29, 0.717) is 6.54 Å². The van der Waals surface area contributed by atoms with E-state index in [0.717, 1.165) is 6.42 Å². The standard InChI is InChI=1S/C10H23NO2/c1-5-9(2,3)11-6-10(4,7-12)8-13/h11-13H,5-8H2,1-4H3. The molecule has 0 fully saturated rings. The van der Waals surface area contributed by atoms with Crippen LogP contribution in [0.5, 0.6) is 0 Å². The topological polar surface area (TPSA) is 52.5 Å². The van der Waals surface area contributed by atoms with Crippen LogP contribution >= 0.6 is 0 Å². The summed E-state index contributed by atoms with van der Waals surface area (Å²) in [7, 11) is 0. The van der Waals surface area contributed by atoms with Gasteiger partial charge in [0.05, 0.1) is 13.2 Å². The van der Waals surface area contributed by atoms with Crippen LogP contribution < -0.4 is 5.32 Å². The maximum absolute atomic E-state index is 9.05. The van der Waals surface area contributed by atoms with Gasteiger partial charge in [-0.05, 0) is 20.3 Å². The normalized spacial score (nSPS) is 13.4. The third-order valence-electron chi connectivity index (χ3n) is 2.64. The smallest absolute Gasteiger partial charge is 0.0519 e. The van der Waals surface area contributed by atoms with Gasteiger partial charge in [-0.1, -0.05) is 13.8 Å². The Morgan fingerprint density at radius 2 is 1.54 bits per heavy atom. The fraction of sp³-hybridized carbons (Fsp3) is 1.00. The van der Waals surface area contributed by atoms with E-state index in [9.17, 15) is 0 Å². The lowest BCUT2D eigenvalue weighted by Crippen LogP contribution is -2.47. The zero-order chi connectivity index (χ0) is 10.5. The largest absolute Gasteiger partial charge is 0.396 e. The van der Waals surface area contributed by atoms with Gasteiger partial charge in [0.25, 0.3) is 0 Å². The zero-order valence-electron chi connectivity index (χ0n) is 9.22. The second kappa shape index (κ2) is 4.94. The van der Waals surface area contributed by atoms with Gasteiger partial charge >= 0.3 is 0 Å². The summed E-state index contributed by atoms with van der Waals surface area (Å²) in [6.07, 6.45) is 1.03. The number of hydrogen-bond donors (Lipinski definition) is 3. The van der Waals surface area contributed by atoms with Crippen LogP contribution in [0.15, 0.2) is 0 Å². The molecule has 0 unspecified atom stereocenters.